The fourth-order valence-corrected chi connectivity index (χ4v) is 2.72. The fraction of sp³-hybridized carbons (Fsp3) is 0.846. The molecule has 2 fully saturated rings. The van der Waals surface area contributed by atoms with Crippen molar-refractivity contribution < 1.29 is 22.8 Å². The zero-order valence-electron chi connectivity index (χ0n) is 11.3. The second kappa shape index (κ2) is 6.11. The largest absolute Gasteiger partial charge is 0.391 e. The summed E-state index contributed by atoms with van der Waals surface area (Å²) in [6.45, 7) is 1.66. The number of hydrogen-bond acceptors (Lipinski definition) is 3. The third-order valence-corrected chi connectivity index (χ3v) is 4.08. The van der Waals surface area contributed by atoms with Crippen molar-refractivity contribution in [2.75, 3.05) is 32.7 Å². The van der Waals surface area contributed by atoms with Gasteiger partial charge < -0.3 is 4.90 Å². The van der Waals surface area contributed by atoms with E-state index in [0.29, 0.717) is 39.0 Å². The molecule has 0 aromatic rings. The molecule has 2 rings (SSSR count). The average Bonchev–Trinajstić information content (AvgIpc) is 2.39. The molecule has 0 bridgehead atoms. The van der Waals surface area contributed by atoms with Crippen LogP contribution in [0, 0.1) is 5.92 Å². The molecule has 2 aliphatic rings. The van der Waals surface area contributed by atoms with E-state index in [1.165, 1.54) is 0 Å². The Kier molecular flexibility index (Phi) is 4.67. The summed E-state index contributed by atoms with van der Waals surface area (Å²) < 4.78 is 37.6. The monoisotopic (exact) mass is 292 g/mol. The van der Waals surface area contributed by atoms with Crippen LogP contribution in [0.4, 0.5) is 13.2 Å². The van der Waals surface area contributed by atoms with E-state index in [-0.39, 0.29) is 31.1 Å². The van der Waals surface area contributed by atoms with Crippen LogP contribution in [0.25, 0.3) is 0 Å². The van der Waals surface area contributed by atoms with Gasteiger partial charge in [-0.05, 0) is 25.9 Å². The minimum Gasteiger partial charge on any atom is -0.341 e. The molecule has 2 aliphatic heterocycles. The Morgan fingerprint density at radius 1 is 1.10 bits per heavy atom. The number of rotatable bonds is 2. The maximum atomic E-state index is 12.5. The third-order valence-electron chi connectivity index (χ3n) is 4.08. The summed E-state index contributed by atoms with van der Waals surface area (Å²) >= 11 is 0. The minimum absolute atomic E-state index is 0.0647. The number of ketones is 1. The summed E-state index contributed by atoms with van der Waals surface area (Å²) in [5.74, 6) is -1.15. The van der Waals surface area contributed by atoms with Crippen LogP contribution in [0.15, 0.2) is 0 Å². The Hall–Kier alpha value is -1.11. The third kappa shape index (κ3) is 3.94. The fourth-order valence-electron chi connectivity index (χ4n) is 2.72. The first kappa shape index (κ1) is 15.3. The Balaban J connectivity index is 1.75. The van der Waals surface area contributed by atoms with Crippen molar-refractivity contribution in [1.82, 2.24) is 9.80 Å². The van der Waals surface area contributed by atoms with Crippen molar-refractivity contribution in [3.63, 3.8) is 0 Å². The number of Topliss-reactive ketones (excluding diaryl/α,β-unsaturated/α-hetero) is 1. The lowest BCUT2D eigenvalue weighted by Crippen LogP contribution is -2.47. The molecule has 0 radical (unpaired) electrons. The van der Waals surface area contributed by atoms with Gasteiger partial charge in [-0.15, -0.1) is 0 Å². The van der Waals surface area contributed by atoms with E-state index in [1.807, 2.05) is 0 Å². The van der Waals surface area contributed by atoms with E-state index < -0.39 is 12.1 Å². The first-order valence-corrected chi connectivity index (χ1v) is 6.95. The highest BCUT2D eigenvalue weighted by molar-refractivity contribution is 5.84. The number of likely N-dealkylation sites (tertiary alicyclic amines) is 2. The molecule has 1 amide bonds. The van der Waals surface area contributed by atoms with E-state index in [2.05, 4.69) is 0 Å². The molecular weight excluding hydrogens is 273 g/mol. The summed E-state index contributed by atoms with van der Waals surface area (Å²) in [5.41, 5.74) is 0. The number of carbonyl (C=O) groups excluding carboxylic acids is 2. The predicted octanol–water partition coefficient (Wildman–Crippen LogP) is 1.45. The van der Waals surface area contributed by atoms with Crippen LogP contribution in [0.5, 0.6) is 0 Å². The van der Waals surface area contributed by atoms with Crippen LogP contribution in [0.2, 0.25) is 0 Å². The quantitative estimate of drug-likeness (QED) is 0.773. The Morgan fingerprint density at radius 3 is 2.15 bits per heavy atom. The molecular formula is C13H19F3N2O2. The molecule has 0 aliphatic carbocycles. The van der Waals surface area contributed by atoms with Gasteiger partial charge in [0.05, 0.1) is 12.5 Å². The van der Waals surface area contributed by atoms with Crippen molar-refractivity contribution in [3.05, 3.63) is 0 Å². The predicted molar refractivity (Wildman–Crippen MR) is 66.0 cm³/mol. The van der Waals surface area contributed by atoms with Gasteiger partial charge in [0.25, 0.3) is 0 Å². The van der Waals surface area contributed by atoms with Crippen LogP contribution in [0.3, 0.4) is 0 Å². The molecule has 0 saturated carbocycles. The lowest BCUT2D eigenvalue weighted by molar-refractivity contribution is -0.185. The van der Waals surface area contributed by atoms with Crippen molar-refractivity contribution in [2.24, 2.45) is 5.92 Å². The van der Waals surface area contributed by atoms with Gasteiger partial charge in [-0.1, -0.05) is 0 Å². The molecule has 0 N–H and O–H groups in total. The molecule has 0 atom stereocenters. The zero-order chi connectivity index (χ0) is 14.8. The van der Waals surface area contributed by atoms with Crippen molar-refractivity contribution in [1.29, 1.82) is 0 Å². The highest BCUT2D eigenvalue weighted by Crippen LogP contribution is 2.33. The summed E-state index contributed by atoms with van der Waals surface area (Å²) in [6.07, 6.45) is -3.21. The van der Waals surface area contributed by atoms with Crippen LogP contribution >= 0.6 is 0 Å². The normalized spacial score (nSPS) is 23.1. The second-order valence-corrected chi connectivity index (χ2v) is 5.51. The molecule has 2 heterocycles. The number of amides is 1. The molecule has 2 saturated heterocycles. The molecule has 0 spiro atoms. The lowest BCUT2D eigenvalue weighted by Gasteiger charge is -2.34. The molecule has 7 heteroatoms. The molecule has 0 aromatic heterocycles. The minimum atomic E-state index is -4.12. The van der Waals surface area contributed by atoms with Crippen LogP contribution in [-0.4, -0.2) is 60.4 Å². The van der Waals surface area contributed by atoms with Gasteiger partial charge in [-0.3, -0.25) is 14.5 Å². The number of alkyl halides is 3. The van der Waals surface area contributed by atoms with Gasteiger partial charge in [0, 0.05) is 25.9 Å². The Labute approximate surface area is 115 Å². The van der Waals surface area contributed by atoms with Gasteiger partial charge in [0.2, 0.25) is 5.91 Å². The summed E-state index contributed by atoms with van der Waals surface area (Å²) in [5, 5.41) is 0. The van der Waals surface area contributed by atoms with Crippen LogP contribution < -0.4 is 0 Å². The van der Waals surface area contributed by atoms with Gasteiger partial charge in [0.15, 0.2) is 0 Å². The topological polar surface area (TPSA) is 40.6 Å². The maximum absolute atomic E-state index is 12.5. The zero-order valence-corrected chi connectivity index (χ0v) is 11.3. The summed E-state index contributed by atoms with van der Waals surface area (Å²) in [6, 6.07) is 0. The highest BCUT2D eigenvalue weighted by atomic mass is 19.4. The molecule has 0 aromatic carbocycles. The highest BCUT2D eigenvalue weighted by Gasteiger charge is 2.41. The van der Waals surface area contributed by atoms with Gasteiger partial charge in [-0.2, -0.15) is 13.2 Å². The van der Waals surface area contributed by atoms with E-state index in [9.17, 15) is 22.8 Å². The van der Waals surface area contributed by atoms with Crippen molar-refractivity contribution >= 4 is 11.7 Å². The average molecular weight is 292 g/mol. The van der Waals surface area contributed by atoms with Crippen LogP contribution in [-0.2, 0) is 9.59 Å². The van der Waals surface area contributed by atoms with E-state index in [4.69, 9.17) is 0 Å². The van der Waals surface area contributed by atoms with Crippen LogP contribution in [0.1, 0.15) is 25.7 Å². The number of piperidine rings is 2. The van der Waals surface area contributed by atoms with Gasteiger partial charge in [0.1, 0.15) is 5.78 Å². The number of carbonyl (C=O) groups is 2. The lowest BCUT2D eigenvalue weighted by atomic mass is 9.96. The van der Waals surface area contributed by atoms with Gasteiger partial charge >= 0.3 is 6.18 Å². The number of nitrogens with zero attached hydrogens (tertiary/aromatic N) is 2. The van der Waals surface area contributed by atoms with E-state index >= 15 is 0 Å². The second-order valence-electron chi connectivity index (χ2n) is 5.51. The first-order chi connectivity index (χ1) is 9.36. The number of halogens is 3. The first-order valence-electron chi connectivity index (χ1n) is 6.95. The molecule has 20 heavy (non-hydrogen) atoms. The maximum Gasteiger partial charge on any atom is 0.391 e. The summed E-state index contributed by atoms with van der Waals surface area (Å²) in [4.78, 5) is 26.5. The van der Waals surface area contributed by atoms with Crippen molar-refractivity contribution in [3.8, 4) is 0 Å². The van der Waals surface area contributed by atoms with E-state index in [0.717, 1.165) is 0 Å². The standard InChI is InChI=1S/C13H19F3N2O2/c14-13(15,16)10-1-5-17(6-2-10)9-12(20)18-7-3-11(19)4-8-18/h10H,1-9H2. The molecule has 4 nitrogen and oxygen atoms in total. The van der Waals surface area contributed by atoms with Crippen molar-refractivity contribution in [2.45, 2.75) is 31.9 Å². The van der Waals surface area contributed by atoms with Gasteiger partial charge in [-0.25, -0.2) is 0 Å². The molecule has 0 unspecified atom stereocenters. The SMILES string of the molecule is O=C1CCN(C(=O)CN2CCC(C(F)(F)F)CC2)CC1. The number of hydrogen-bond donors (Lipinski definition) is 0. The Morgan fingerprint density at radius 2 is 1.65 bits per heavy atom. The molecule has 114 valence electrons. The smallest absolute Gasteiger partial charge is 0.341 e. The van der Waals surface area contributed by atoms with E-state index in [1.54, 1.807) is 9.80 Å². The summed E-state index contributed by atoms with van der Waals surface area (Å²) in [7, 11) is 0. The Bertz CT molecular complexity index is 366.